The van der Waals surface area contributed by atoms with Crippen LogP contribution in [0.15, 0.2) is 36.5 Å². The Morgan fingerprint density at radius 1 is 1.42 bits per heavy atom. The van der Waals surface area contributed by atoms with Crippen molar-refractivity contribution < 1.29 is 14.3 Å². The molecule has 0 bridgehead atoms. The van der Waals surface area contributed by atoms with Gasteiger partial charge in [0.15, 0.2) is 16.6 Å². The molecule has 0 aliphatic carbocycles. The fourth-order valence-corrected chi connectivity index (χ4v) is 1.95. The van der Waals surface area contributed by atoms with E-state index in [0.29, 0.717) is 16.4 Å². The number of carbonyl (C=O) groups is 2. The minimum Gasteiger partial charge on any atom is -0.450 e. The number of benzene rings is 1. The summed E-state index contributed by atoms with van der Waals surface area (Å²) in [5.41, 5.74) is 0.423. The normalized spacial score (nSPS) is 17.7. The maximum absolute atomic E-state index is 12.4. The number of carbonyl (C=O) groups excluding carboxylic acids is 2. The highest BCUT2D eigenvalue weighted by atomic mass is 32.1. The van der Waals surface area contributed by atoms with Crippen LogP contribution in [0.2, 0.25) is 0 Å². The summed E-state index contributed by atoms with van der Waals surface area (Å²) in [5, 5.41) is 3.23. The van der Waals surface area contributed by atoms with Crippen molar-refractivity contribution in [1.82, 2.24) is 5.32 Å². The van der Waals surface area contributed by atoms with E-state index in [2.05, 4.69) is 5.32 Å². The molecule has 0 spiro atoms. The standard InChI is InChI=1S/C14H13NO3S/c1-9(19)18-13-5-3-2-4-11(13)14(17)12-8-10(16)6-7-15-12/h2-7,12,15H,8H2,1H3. The number of hydrogen-bond donors (Lipinski definition) is 1. The smallest absolute Gasteiger partial charge is 0.189 e. The zero-order chi connectivity index (χ0) is 13.8. The summed E-state index contributed by atoms with van der Waals surface area (Å²) >= 11 is 4.88. The van der Waals surface area contributed by atoms with Crippen LogP contribution in [0.3, 0.4) is 0 Å². The molecule has 19 heavy (non-hydrogen) atoms. The average molecular weight is 275 g/mol. The molecule has 1 aliphatic rings. The van der Waals surface area contributed by atoms with E-state index in [1.165, 1.54) is 12.3 Å². The van der Waals surface area contributed by atoms with Crippen molar-refractivity contribution in [2.75, 3.05) is 0 Å². The van der Waals surface area contributed by atoms with Crippen molar-refractivity contribution in [3.8, 4) is 5.75 Å². The lowest BCUT2D eigenvalue weighted by Gasteiger charge is -2.19. The summed E-state index contributed by atoms with van der Waals surface area (Å²) in [6.45, 7) is 1.64. The highest BCUT2D eigenvalue weighted by Crippen LogP contribution is 2.21. The molecule has 1 heterocycles. The molecule has 4 nitrogen and oxygen atoms in total. The number of rotatable bonds is 3. The van der Waals surface area contributed by atoms with Crippen LogP contribution in [0, 0.1) is 0 Å². The number of allylic oxidation sites excluding steroid dienone is 1. The molecule has 1 N–H and O–H groups in total. The van der Waals surface area contributed by atoms with Gasteiger partial charge in [-0.25, -0.2) is 0 Å². The number of ether oxygens (including phenoxy) is 1. The minimum absolute atomic E-state index is 0.0680. The SMILES string of the molecule is CC(=S)Oc1ccccc1C(=O)C1CC(=O)C=CN1. The van der Waals surface area contributed by atoms with Gasteiger partial charge in [0.2, 0.25) is 0 Å². The van der Waals surface area contributed by atoms with Gasteiger partial charge < -0.3 is 10.1 Å². The average Bonchev–Trinajstić information content (AvgIpc) is 2.38. The largest absolute Gasteiger partial charge is 0.450 e. The van der Waals surface area contributed by atoms with Crippen LogP contribution in [0.4, 0.5) is 0 Å². The maximum atomic E-state index is 12.4. The van der Waals surface area contributed by atoms with Gasteiger partial charge in [-0.2, -0.15) is 0 Å². The highest BCUT2D eigenvalue weighted by molar-refractivity contribution is 7.80. The summed E-state index contributed by atoms with van der Waals surface area (Å²) in [6, 6.07) is 6.32. The Hall–Kier alpha value is -2.01. The molecule has 0 fully saturated rings. The Labute approximate surface area is 116 Å². The van der Waals surface area contributed by atoms with Gasteiger partial charge in [0, 0.05) is 19.5 Å². The number of para-hydroxylation sites is 1. The van der Waals surface area contributed by atoms with Crippen LogP contribution in [0.25, 0.3) is 0 Å². The quantitative estimate of drug-likeness (QED) is 0.676. The van der Waals surface area contributed by atoms with Crippen molar-refractivity contribution >= 4 is 28.8 Å². The van der Waals surface area contributed by atoms with Crippen molar-refractivity contribution in [3.05, 3.63) is 42.1 Å². The number of thiocarbonyl (C=S) groups is 1. The lowest BCUT2D eigenvalue weighted by molar-refractivity contribution is -0.115. The lowest BCUT2D eigenvalue weighted by atomic mass is 9.97. The number of nitrogens with one attached hydrogen (secondary N) is 1. The van der Waals surface area contributed by atoms with Crippen molar-refractivity contribution in [2.45, 2.75) is 19.4 Å². The summed E-state index contributed by atoms with van der Waals surface area (Å²) in [5.74, 6) is 0.176. The van der Waals surface area contributed by atoms with Gasteiger partial charge in [0.05, 0.1) is 11.6 Å². The topological polar surface area (TPSA) is 55.4 Å². The van der Waals surface area contributed by atoms with Crippen LogP contribution in [-0.2, 0) is 4.79 Å². The Morgan fingerprint density at radius 3 is 2.84 bits per heavy atom. The first kappa shape index (κ1) is 13.4. The Bertz CT molecular complexity index is 566. The summed E-state index contributed by atoms with van der Waals surface area (Å²) < 4.78 is 5.36. The van der Waals surface area contributed by atoms with Gasteiger partial charge >= 0.3 is 0 Å². The minimum atomic E-state index is -0.548. The first-order valence-electron chi connectivity index (χ1n) is 5.85. The van der Waals surface area contributed by atoms with E-state index < -0.39 is 6.04 Å². The number of ketones is 2. The number of hydrogen-bond acceptors (Lipinski definition) is 5. The van der Waals surface area contributed by atoms with Crippen LogP contribution in [-0.4, -0.2) is 22.7 Å². The Balaban J connectivity index is 2.26. The van der Waals surface area contributed by atoms with Gasteiger partial charge in [-0.05, 0) is 30.4 Å². The maximum Gasteiger partial charge on any atom is 0.189 e. The molecule has 98 valence electrons. The molecule has 1 aliphatic heterocycles. The fourth-order valence-electron chi connectivity index (χ4n) is 1.86. The summed E-state index contributed by atoms with van der Waals surface area (Å²) in [4.78, 5) is 23.7. The first-order valence-corrected chi connectivity index (χ1v) is 6.26. The molecule has 0 amide bonds. The molecular weight excluding hydrogens is 262 g/mol. The first-order chi connectivity index (χ1) is 9.08. The third kappa shape index (κ3) is 3.26. The second-order valence-electron chi connectivity index (χ2n) is 4.18. The molecule has 1 atom stereocenters. The monoisotopic (exact) mass is 275 g/mol. The van der Waals surface area contributed by atoms with E-state index in [0.717, 1.165) is 0 Å². The second-order valence-corrected chi connectivity index (χ2v) is 4.75. The van der Waals surface area contributed by atoms with E-state index in [-0.39, 0.29) is 18.0 Å². The molecule has 0 radical (unpaired) electrons. The molecule has 1 unspecified atom stereocenters. The van der Waals surface area contributed by atoms with E-state index in [4.69, 9.17) is 17.0 Å². The molecule has 0 aromatic heterocycles. The van der Waals surface area contributed by atoms with Crippen molar-refractivity contribution in [2.24, 2.45) is 0 Å². The third-order valence-corrected chi connectivity index (χ3v) is 2.78. The third-order valence-electron chi connectivity index (χ3n) is 2.69. The van der Waals surface area contributed by atoms with Gasteiger partial charge in [-0.1, -0.05) is 12.1 Å². The lowest BCUT2D eigenvalue weighted by Crippen LogP contribution is -2.38. The molecule has 0 saturated heterocycles. The Morgan fingerprint density at radius 2 is 2.16 bits per heavy atom. The molecule has 0 saturated carbocycles. The van der Waals surface area contributed by atoms with E-state index in [9.17, 15) is 9.59 Å². The van der Waals surface area contributed by atoms with Crippen molar-refractivity contribution in [3.63, 3.8) is 0 Å². The van der Waals surface area contributed by atoms with Crippen LogP contribution < -0.4 is 10.1 Å². The summed E-state index contributed by atoms with van der Waals surface area (Å²) in [7, 11) is 0. The second kappa shape index (κ2) is 5.75. The number of Topliss-reactive ketones (excluding diaryl/α,β-unsaturated/α-hetero) is 1. The molecular formula is C14H13NO3S. The fraction of sp³-hybridized carbons (Fsp3) is 0.214. The summed E-state index contributed by atoms with van der Waals surface area (Å²) in [6.07, 6.45) is 3.08. The van der Waals surface area contributed by atoms with Crippen LogP contribution in [0.5, 0.6) is 5.75 Å². The van der Waals surface area contributed by atoms with Gasteiger partial charge in [0.25, 0.3) is 0 Å². The predicted octanol–water partition coefficient (Wildman–Crippen LogP) is 2.04. The van der Waals surface area contributed by atoms with E-state index in [1.54, 1.807) is 31.2 Å². The zero-order valence-corrected chi connectivity index (χ0v) is 11.2. The zero-order valence-electron chi connectivity index (χ0n) is 10.4. The highest BCUT2D eigenvalue weighted by Gasteiger charge is 2.25. The van der Waals surface area contributed by atoms with Gasteiger partial charge in [-0.15, -0.1) is 0 Å². The van der Waals surface area contributed by atoms with Crippen LogP contribution >= 0.6 is 12.2 Å². The molecule has 1 aromatic rings. The van der Waals surface area contributed by atoms with Crippen LogP contribution in [0.1, 0.15) is 23.7 Å². The van der Waals surface area contributed by atoms with Crippen molar-refractivity contribution in [1.29, 1.82) is 0 Å². The Kier molecular flexibility index (Phi) is 4.06. The van der Waals surface area contributed by atoms with Gasteiger partial charge in [-0.3, -0.25) is 9.59 Å². The van der Waals surface area contributed by atoms with Gasteiger partial charge in [0.1, 0.15) is 5.75 Å². The predicted molar refractivity (Wildman–Crippen MR) is 75.4 cm³/mol. The van der Waals surface area contributed by atoms with E-state index in [1.807, 2.05) is 0 Å². The molecule has 5 heteroatoms. The molecule has 2 rings (SSSR count). The van der Waals surface area contributed by atoms with E-state index >= 15 is 0 Å². The molecule has 1 aromatic carbocycles.